The highest BCUT2D eigenvalue weighted by atomic mass is 79.9. The van der Waals surface area contributed by atoms with E-state index in [-0.39, 0.29) is 22.6 Å². The fraction of sp³-hybridized carbons (Fsp3) is 0.0625. The lowest BCUT2D eigenvalue weighted by Crippen LogP contribution is -1.91. The second kappa shape index (κ2) is 6.95. The van der Waals surface area contributed by atoms with Gasteiger partial charge in [-0.1, -0.05) is 18.2 Å². The summed E-state index contributed by atoms with van der Waals surface area (Å²) < 4.78 is 19.8. The lowest BCUT2D eigenvalue weighted by molar-refractivity contribution is 0.371. The van der Waals surface area contributed by atoms with Gasteiger partial charge < -0.3 is 9.84 Å². The van der Waals surface area contributed by atoms with Crippen LogP contribution in [0.1, 0.15) is 11.1 Å². The molecule has 0 aliphatic heterocycles. The molecule has 0 radical (unpaired) electrons. The first-order valence-electron chi connectivity index (χ1n) is 6.11. The van der Waals surface area contributed by atoms with E-state index in [0.717, 1.165) is 0 Å². The predicted molar refractivity (Wildman–Crippen MR) is 89.9 cm³/mol. The van der Waals surface area contributed by atoms with Crippen molar-refractivity contribution in [2.24, 2.45) is 0 Å². The van der Waals surface area contributed by atoms with Gasteiger partial charge in [0.15, 0.2) is 11.5 Å². The van der Waals surface area contributed by atoms with E-state index in [9.17, 15) is 14.8 Å². The SMILES string of the molecule is COc1cc(/C=C(/C#N)c2ccccc2F)c(Br)c(Br)c1O. The van der Waals surface area contributed by atoms with Gasteiger partial charge in [0.25, 0.3) is 0 Å². The quantitative estimate of drug-likeness (QED) is 0.546. The van der Waals surface area contributed by atoms with E-state index in [1.54, 1.807) is 18.2 Å². The van der Waals surface area contributed by atoms with E-state index in [4.69, 9.17) is 4.74 Å². The van der Waals surface area contributed by atoms with Crippen molar-refractivity contribution < 1.29 is 14.2 Å². The van der Waals surface area contributed by atoms with Crippen molar-refractivity contribution in [3.63, 3.8) is 0 Å². The molecule has 0 fully saturated rings. The highest BCUT2D eigenvalue weighted by molar-refractivity contribution is 9.13. The lowest BCUT2D eigenvalue weighted by Gasteiger charge is -2.10. The molecule has 0 spiro atoms. The summed E-state index contributed by atoms with van der Waals surface area (Å²) >= 11 is 6.57. The van der Waals surface area contributed by atoms with Crippen LogP contribution in [0.3, 0.4) is 0 Å². The molecule has 2 rings (SSSR count). The van der Waals surface area contributed by atoms with Crippen LogP contribution in [0, 0.1) is 17.1 Å². The van der Waals surface area contributed by atoms with E-state index in [0.29, 0.717) is 14.5 Å². The molecule has 0 heterocycles. The number of ether oxygens (including phenoxy) is 1. The standard InChI is InChI=1S/C16H10Br2FNO2/c1-22-13-7-9(14(17)15(18)16(13)21)6-10(8-20)11-4-2-3-5-12(11)19/h2-7,21H,1H3/b10-6-. The maximum absolute atomic E-state index is 13.8. The summed E-state index contributed by atoms with van der Waals surface area (Å²) in [6, 6.07) is 9.59. The molecule has 112 valence electrons. The van der Waals surface area contributed by atoms with Crippen molar-refractivity contribution in [3.05, 3.63) is 56.2 Å². The molecular weight excluding hydrogens is 417 g/mol. The number of methoxy groups -OCH3 is 1. The van der Waals surface area contributed by atoms with Crippen molar-refractivity contribution in [2.45, 2.75) is 0 Å². The van der Waals surface area contributed by atoms with Crippen LogP contribution in [0.25, 0.3) is 11.6 Å². The molecule has 2 aromatic carbocycles. The molecule has 0 bridgehead atoms. The Morgan fingerprint density at radius 1 is 1.32 bits per heavy atom. The number of halogens is 3. The molecule has 1 N–H and O–H groups in total. The van der Waals surface area contributed by atoms with E-state index < -0.39 is 5.82 Å². The molecule has 3 nitrogen and oxygen atoms in total. The molecule has 0 saturated carbocycles. The van der Waals surface area contributed by atoms with Gasteiger partial charge in [0.2, 0.25) is 0 Å². The number of hydrogen-bond acceptors (Lipinski definition) is 3. The van der Waals surface area contributed by atoms with Crippen LogP contribution in [-0.4, -0.2) is 12.2 Å². The van der Waals surface area contributed by atoms with Gasteiger partial charge in [0, 0.05) is 10.0 Å². The monoisotopic (exact) mass is 425 g/mol. The van der Waals surface area contributed by atoms with Gasteiger partial charge in [-0.25, -0.2) is 4.39 Å². The van der Waals surface area contributed by atoms with Crippen LogP contribution in [0.4, 0.5) is 4.39 Å². The summed E-state index contributed by atoms with van der Waals surface area (Å²) in [7, 11) is 1.42. The minimum Gasteiger partial charge on any atom is -0.503 e. The Labute approximate surface area is 143 Å². The van der Waals surface area contributed by atoms with Crippen molar-refractivity contribution in [1.29, 1.82) is 5.26 Å². The molecule has 2 aromatic rings. The summed E-state index contributed by atoms with van der Waals surface area (Å²) in [5, 5.41) is 19.2. The van der Waals surface area contributed by atoms with Crippen molar-refractivity contribution >= 4 is 43.5 Å². The number of nitrogens with zero attached hydrogens (tertiary/aromatic N) is 1. The van der Waals surface area contributed by atoms with E-state index in [1.165, 1.54) is 25.3 Å². The van der Waals surface area contributed by atoms with Gasteiger partial charge >= 0.3 is 0 Å². The summed E-state index contributed by atoms with van der Waals surface area (Å²) in [6.07, 6.45) is 1.52. The van der Waals surface area contributed by atoms with Crippen LogP contribution in [0.5, 0.6) is 11.5 Å². The summed E-state index contributed by atoms with van der Waals surface area (Å²) in [5.74, 6) is -0.292. The van der Waals surface area contributed by atoms with E-state index in [1.807, 2.05) is 6.07 Å². The van der Waals surface area contributed by atoms with Crippen molar-refractivity contribution in [3.8, 4) is 17.6 Å². The molecule has 0 aliphatic rings. The first kappa shape index (κ1) is 16.5. The van der Waals surface area contributed by atoms with Crippen LogP contribution in [0.15, 0.2) is 39.3 Å². The van der Waals surface area contributed by atoms with Gasteiger partial charge in [-0.05, 0) is 55.6 Å². The third-order valence-electron chi connectivity index (χ3n) is 2.98. The van der Waals surface area contributed by atoms with Gasteiger partial charge in [-0.2, -0.15) is 5.26 Å². The highest BCUT2D eigenvalue weighted by Gasteiger charge is 2.15. The number of phenols is 1. The first-order chi connectivity index (χ1) is 10.5. The Morgan fingerprint density at radius 2 is 2.00 bits per heavy atom. The topological polar surface area (TPSA) is 53.2 Å². The number of hydrogen-bond donors (Lipinski definition) is 1. The zero-order valence-electron chi connectivity index (χ0n) is 11.4. The van der Waals surface area contributed by atoms with E-state index in [2.05, 4.69) is 31.9 Å². The van der Waals surface area contributed by atoms with Gasteiger partial charge in [0.1, 0.15) is 5.82 Å². The Bertz CT molecular complexity index is 797. The highest BCUT2D eigenvalue weighted by Crippen LogP contribution is 2.42. The largest absolute Gasteiger partial charge is 0.503 e. The normalized spacial score (nSPS) is 11.1. The van der Waals surface area contributed by atoms with Crippen LogP contribution in [-0.2, 0) is 0 Å². The fourth-order valence-corrected chi connectivity index (χ4v) is 2.72. The third kappa shape index (κ3) is 3.16. The number of nitriles is 1. The van der Waals surface area contributed by atoms with Crippen molar-refractivity contribution in [2.75, 3.05) is 7.11 Å². The smallest absolute Gasteiger partial charge is 0.173 e. The Hall–Kier alpha value is -1.84. The fourth-order valence-electron chi connectivity index (χ4n) is 1.88. The zero-order valence-corrected chi connectivity index (χ0v) is 14.6. The molecule has 0 amide bonds. The first-order valence-corrected chi connectivity index (χ1v) is 7.69. The van der Waals surface area contributed by atoms with Gasteiger partial charge in [-0.15, -0.1) is 0 Å². The predicted octanol–water partition coefficient (Wildman–Crippen LogP) is 5.13. The Kier molecular flexibility index (Phi) is 5.22. The number of phenolic OH excluding ortho intramolecular Hbond substituents is 1. The summed E-state index contributed by atoms with van der Waals surface area (Å²) in [5.41, 5.74) is 0.944. The van der Waals surface area contributed by atoms with E-state index >= 15 is 0 Å². The molecule has 22 heavy (non-hydrogen) atoms. The van der Waals surface area contributed by atoms with Gasteiger partial charge in [-0.3, -0.25) is 0 Å². The zero-order chi connectivity index (χ0) is 16.3. The molecular formula is C16H10Br2FNO2. The minimum absolute atomic E-state index is 0.0593. The molecule has 0 aliphatic carbocycles. The van der Waals surface area contributed by atoms with Crippen molar-refractivity contribution in [1.82, 2.24) is 0 Å². The van der Waals surface area contributed by atoms with Crippen LogP contribution >= 0.6 is 31.9 Å². The number of benzene rings is 2. The second-order valence-electron chi connectivity index (χ2n) is 4.29. The number of rotatable bonds is 3. The third-order valence-corrected chi connectivity index (χ3v) is 5.14. The lowest BCUT2D eigenvalue weighted by atomic mass is 10.0. The number of allylic oxidation sites excluding steroid dienone is 1. The number of aromatic hydroxyl groups is 1. The van der Waals surface area contributed by atoms with Gasteiger partial charge in [0.05, 0.1) is 23.2 Å². The molecule has 6 heteroatoms. The van der Waals surface area contributed by atoms with Crippen LogP contribution in [0.2, 0.25) is 0 Å². The maximum atomic E-state index is 13.8. The molecule has 0 aromatic heterocycles. The molecule has 0 unspecified atom stereocenters. The summed E-state index contributed by atoms with van der Waals surface area (Å²) in [4.78, 5) is 0. The van der Waals surface area contributed by atoms with Crippen LogP contribution < -0.4 is 4.74 Å². The Morgan fingerprint density at radius 3 is 2.59 bits per heavy atom. The Balaban J connectivity index is 2.64. The maximum Gasteiger partial charge on any atom is 0.173 e. The summed E-state index contributed by atoms with van der Waals surface area (Å²) in [6.45, 7) is 0. The average Bonchev–Trinajstić information content (AvgIpc) is 2.53. The average molecular weight is 427 g/mol. The minimum atomic E-state index is -0.476. The second-order valence-corrected chi connectivity index (χ2v) is 5.88. The molecule has 0 atom stereocenters. The molecule has 0 saturated heterocycles.